The second kappa shape index (κ2) is 6.24. The molecule has 0 amide bonds. The van der Waals surface area contributed by atoms with Crippen LogP contribution in [-0.2, 0) is 6.54 Å². The molecular weight excluding hydrogens is 160 g/mol. The normalized spacial score (nSPS) is 9.00. The van der Waals surface area contributed by atoms with E-state index in [1.165, 1.54) is 5.56 Å². The standard InChI is InChI=1S/C11H14N2/c12-8-4-5-9-13-10-11-6-2-1-3-7-11/h1-3,6-7,13H,8-10,12H2. The van der Waals surface area contributed by atoms with Gasteiger partial charge >= 0.3 is 0 Å². The zero-order valence-corrected chi connectivity index (χ0v) is 7.59. The van der Waals surface area contributed by atoms with E-state index in [9.17, 15) is 0 Å². The molecule has 0 heterocycles. The first-order valence-electron chi connectivity index (χ1n) is 4.34. The molecule has 0 aliphatic rings. The highest BCUT2D eigenvalue weighted by Gasteiger charge is 1.87. The fourth-order valence-electron chi connectivity index (χ4n) is 1.000. The molecule has 0 atom stereocenters. The Labute approximate surface area is 79.1 Å². The Morgan fingerprint density at radius 1 is 1.15 bits per heavy atom. The Morgan fingerprint density at radius 3 is 2.62 bits per heavy atom. The highest BCUT2D eigenvalue weighted by molar-refractivity contribution is 5.14. The SMILES string of the molecule is NCC#CCNCc1ccccc1. The molecule has 2 nitrogen and oxygen atoms in total. The maximum atomic E-state index is 5.22. The summed E-state index contributed by atoms with van der Waals surface area (Å²) in [5.41, 5.74) is 6.50. The molecule has 0 saturated carbocycles. The van der Waals surface area contributed by atoms with E-state index in [1.807, 2.05) is 18.2 Å². The van der Waals surface area contributed by atoms with E-state index in [0.717, 1.165) is 6.54 Å². The average Bonchev–Trinajstić information content (AvgIpc) is 2.19. The van der Waals surface area contributed by atoms with Gasteiger partial charge in [-0.1, -0.05) is 42.2 Å². The Morgan fingerprint density at radius 2 is 1.92 bits per heavy atom. The molecular formula is C11H14N2. The van der Waals surface area contributed by atoms with Gasteiger partial charge in [-0.05, 0) is 5.56 Å². The largest absolute Gasteiger partial charge is 0.320 e. The molecule has 0 aromatic heterocycles. The summed E-state index contributed by atoms with van der Waals surface area (Å²) in [4.78, 5) is 0. The van der Waals surface area contributed by atoms with E-state index in [1.54, 1.807) is 0 Å². The van der Waals surface area contributed by atoms with Gasteiger partial charge in [-0.15, -0.1) is 0 Å². The van der Waals surface area contributed by atoms with E-state index in [4.69, 9.17) is 5.73 Å². The third kappa shape index (κ3) is 4.32. The van der Waals surface area contributed by atoms with E-state index in [-0.39, 0.29) is 0 Å². The molecule has 68 valence electrons. The van der Waals surface area contributed by atoms with Gasteiger partial charge in [0.2, 0.25) is 0 Å². The molecule has 13 heavy (non-hydrogen) atoms. The molecule has 1 rings (SSSR count). The third-order valence-electron chi connectivity index (χ3n) is 1.61. The molecule has 0 aliphatic heterocycles. The second-order valence-corrected chi connectivity index (χ2v) is 2.65. The van der Waals surface area contributed by atoms with Gasteiger partial charge in [0, 0.05) is 6.54 Å². The molecule has 0 spiro atoms. The van der Waals surface area contributed by atoms with Crippen molar-refractivity contribution in [3.63, 3.8) is 0 Å². The zero-order chi connectivity index (χ0) is 9.36. The number of rotatable bonds is 3. The van der Waals surface area contributed by atoms with Crippen molar-refractivity contribution < 1.29 is 0 Å². The van der Waals surface area contributed by atoms with Crippen LogP contribution in [-0.4, -0.2) is 13.1 Å². The molecule has 0 radical (unpaired) electrons. The van der Waals surface area contributed by atoms with Gasteiger partial charge in [-0.25, -0.2) is 0 Å². The molecule has 0 bridgehead atoms. The van der Waals surface area contributed by atoms with E-state index < -0.39 is 0 Å². The van der Waals surface area contributed by atoms with Gasteiger partial charge in [0.25, 0.3) is 0 Å². The average molecular weight is 174 g/mol. The summed E-state index contributed by atoms with van der Waals surface area (Å²) in [7, 11) is 0. The lowest BCUT2D eigenvalue weighted by Gasteiger charge is -1.99. The van der Waals surface area contributed by atoms with Crippen LogP contribution in [0.15, 0.2) is 30.3 Å². The number of hydrogen-bond acceptors (Lipinski definition) is 2. The summed E-state index contributed by atoms with van der Waals surface area (Å²) in [5, 5.41) is 3.21. The number of benzene rings is 1. The van der Waals surface area contributed by atoms with Gasteiger partial charge < -0.3 is 11.1 Å². The van der Waals surface area contributed by atoms with E-state index in [2.05, 4.69) is 29.3 Å². The van der Waals surface area contributed by atoms with Gasteiger partial charge in [-0.2, -0.15) is 0 Å². The van der Waals surface area contributed by atoms with Crippen LogP contribution in [0.25, 0.3) is 0 Å². The summed E-state index contributed by atoms with van der Waals surface area (Å²) in [6, 6.07) is 10.2. The van der Waals surface area contributed by atoms with Crippen molar-refractivity contribution in [3.05, 3.63) is 35.9 Å². The van der Waals surface area contributed by atoms with Gasteiger partial charge in [0.1, 0.15) is 0 Å². The minimum absolute atomic E-state index is 0.438. The van der Waals surface area contributed by atoms with Crippen molar-refractivity contribution in [2.45, 2.75) is 6.54 Å². The zero-order valence-electron chi connectivity index (χ0n) is 7.59. The maximum Gasteiger partial charge on any atom is 0.0579 e. The van der Waals surface area contributed by atoms with Crippen LogP contribution >= 0.6 is 0 Å². The van der Waals surface area contributed by atoms with Crippen LogP contribution in [0.4, 0.5) is 0 Å². The minimum Gasteiger partial charge on any atom is -0.320 e. The van der Waals surface area contributed by atoms with Crippen LogP contribution in [0.3, 0.4) is 0 Å². The summed E-state index contributed by atoms with van der Waals surface area (Å²) in [5.74, 6) is 5.72. The van der Waals surface area contributed by atoms with Crippen molar-refractivity contribution in [1.29, 1.82) is 0 Å². The van der Waals surface area contributed by atoms with Crippen molar-refractivity contribution in [3.8, 4) is 11.8 Å². The first-order valence-corrected chi connectivity index (χ1v) is 4.34. The van der Waals surface area contributed by atoms with Gasteiger partial charge in [0.05, 0.1) is 13.1 Å². The van der Waals surface area contributed by atoms with Crippen molar-refractivity contribution in [2.24, 2.45) is 5.73 Å². The molecule has 0 fully saturated rings. The molecule has 0 unspecified atom stereocenters. The fraction of sp³-hybridized carbons (Fsp3) is 0.273. The predicted molar refractivity (Wildman–Crippen MR) is 55.0 cm³/mol. The van der Waals surface area contributed by atoms with Crippen LogP contribution in [0.5, 0.6) is 0 Å². The molecule has 1 aromatic carbocycles. The molecule has 2 heteroatoms. The number of nitrogens with two attached hydrogens (primary N) is 1. The highest BCUT2D eigenvalue weighted by atomic mass is 14.8. The summed E-state index contributed by atoms with van der Waals surface area (Å²) >= 11 is 0. The van der Waals surface area contributed by atoms with Crippen LogP contribution < -0.4 is 11.1 Å². The molecule has 0 aliphatic carbocycles. The lowest BCUT2D eigenvalue weighted by atomic mass is 10.2. The summed E-state index contributed by atoms with van der Waals surface area (Å²) in [6.07, 6.45) is 0. The van der Waals surface area contributed by atoms with Crippen LogP contribution in [0.1, 0.15) is 5.56 Å². The third-order valence-corrected chi connectivity index (χ3v) is 1.61. The predicted octanol–water partition coefficient (Wildman–Crippen LogP) is 0.738. The Balaban J connectivity index is 2.20. The maximum absolute atomic E-state index is 5.22. The Kier molecular flexibility index (Phi) is 4.70. The quantitative estimate of drug-likeness (QED) is 0.524. The molecule has 0 saturated heterocycles. The lowest BCUT2D eigenvalue weighted by molar-refractivity contribution is 0.770. The van der Waals surface area contributed by atoms with Crippen molar-refractivity contribution >= 4 is 0 Å². The topological polar surface area (TPSA) is 38.0 Å². The van der Waals surface area contributed by atoms with Crippen LogP contribution in [0.2, 0.25) is 0 Å². The van der Waals surface area contributed by atoms with E-state index in [0.29, 0.717) is 13.1 Å². The molecule has 1 aromatic rings. The highest BCUT2D eigenvalue weighted by Crippen LogP contribution is 1.96. The first-order chi connectivity index (χ1) is 6.43. The smallest absolute Gasteiger partial charge is 0.0579 e. The Bertz CT molecular complexity index is 282. The fourth-order valence-corrected chi connectivity index (χ4v) is 1.000. The molecule has 3 N–H and O–H groups in total. The Hall–Kier alpha value is -1.30. The number of hydrogen-bond donors (Lipinski definition) is 2. The van der Waals surface area contributed by atoms with Crippen molar-refractivity contribution in [2.75, 3.05) is 13.1 Å². The van der Waals surface area contributed by atoms with Gasteiger partial charge in [0.15, 0.2) is 0 Å². The van der Waals surface area contributed by atoms with E-state index >= 15 is 0 Å². The second-order valence-electron chi connectivity index (χ2n) is 2.65. The minimum atomic E-state index is 0.438. The number of nitrogens with one attached hydrogen (secondary N) is 1. The first kappa shape index (κ1) is 9.79. The van der Waals surface area contributed by atoms with Crippen LogP contribution in [0, 0.1) is 11.8 Å². The lowest BCUT2D eigenvalue weighted by Crippen LogP contribution is -2.13. The summed E-state index contributed by atoms with van der Waals surface area (Å²) < 4.78 is 0. The summed E-state index contributed by atoms with van der Waals surface area (Å²) in [6.45, 7) is 2.00. The van der Waals surface area contributed by atoms with Gasteiger partial charge in [-0.3, -0.25) is 0 Å². The monoisotopic (exact) mass is 174 g/mol. The van der Waals surface area contributed by atoms with Crippen molar-refractivity contribution in [1.82, 2.24) is 5.32 Å².